The van der Waals surface area contributed by atoms with Crippen molar-refractivity contribution in [3.63, 3.8) is 0 Å². The van der Waals surface area contributed by atoms with E-state index >= 15 is 0 Å². The lowest BCUT2D eigenvalue weighted by molar-refractivity contribution is -0.119. The molecule has 0 saturated carbocycles. The first-order valence-corrected chi connectivity index (χ1v) is 8.32. The van der Waals surface area contributed by atoms with Crippen LogP contribution in [-0.2, 0) is 9.53 Å². The first-order chi connectivity index (χ1) is 9.20. The van der Waals surface area contributed by atoms with E-state index in [2.05, 4.69) is 21.2 Å². The number of thioether (sulfide) groups is 1. The Labute approximate surface area is 125 Å². The molecule has 3 rings (SSSR count). The van der Waals surface area contributed by atoms with E-state index in [1.54, 1.807) is 11.8 Å². The van der Waals surface area contributed by atoms with Crippen molar-refractivity contribution in [2.75, 3.05) is 5.75 Å². The Morgan fingerprint density at radius 3 is 3.05 bits per heavy atom. The summed E-state index contributed by atoms with van der Waals surface area (Å²) < 4.78 is 6.78. The molecule has 3 atom stereocenters. The van der Waals surface area contributed by atoms with Crippen LogP contribution in [0.15, 0.2) is 33.6 Å². The van der Waals surface area contributed by atoms with Gasteiger partial charge in [-0.05, 0) is 37.5 Å². The van der Waals surface area contributed by atoms with E-state index in [4.69, 9.17) is 4.74 Å². The van der Waals surface area contributed by atoms with Crippen molar-refractivity contribution < 1.29 is 9.53 Å². The lowest BCUT2D eigenvalue weighted by Crippen LogP contribution is -2.42. The number of carbonyl (C=O) groups excluding carboxylic acids is 1. The van der Waals surface area contributed by atoms with Gasteiger partial charge in [0, 0.05) is 9.37 Å². The normalized spacial score (nSPS) is 28.6. The molecule has 5 heteroatoms. The molecule has 2 fully saturated rings. The van der Waals surface area contributed by atoms with Crippen molar-refractivity contribution in [1.29, 1.82) is 0 Å². The minimum Gasteiger partial charge on any atom is -0.373 e. The Bertz CT molecular complexity index is 482. The fourth-order valence-corrected chi connectivity index (χ4v) is 4.06. The van der Waals surface area contributed by atoms with Gasteiger partial charge in [0.05, 0.1) is 24.0 Å². The standard InChI is InChI=1S/C14H16BrNO2S/c15-9-2-1-3-11(6-9)19-8-14(17)16-12-7-10-4-5-13(12)18-10/h1-3,6,10,12-13H,4-5,7-8H2,(H,16,17)/t10-,12+,13+/m1/s1. The molecule has 1 N–H and O–H groups in total. The zero-order chi connectivity index (χ0) is 13.2. The molecule has 0 radical (unpaired) electrons. The van der Waals surface area contributed by atoms with Gasteiger partial charge in [-0.25, -0.2) is 0 Å². The summed E-state index contributed by atoms with van der Waals surface area (Å²) in [5, 5.41) is 3.10. The molecule has 1 aromatic carbocycles. The molecule has 19 heavy (non-hydrogen) atoms. The molecular formula is C14H16BrNO2S. The van der Waals surface area contributed by atoms with Crippen LogP contribution in [0.25, 0.3) is 0 Å². The topological polar surface area (TPSA) is 38.3 Å². The molecule has 0 spiro atoms. The van der Waals surface area contributed by atoms with Gasteiger partial charge in [0.15, 0.2) is 0 Å². The van der Waals surface area contributed by atoms with Crippen LogP contribution in [0.1, 0.15) is 19.3 Å². The summed E-state index contributed by atoms with van der Waals surface area (Å²) in [5.41, 5.74) is 0. The minimum atomic E-state index is 0.103. The van der Waals surface area contributed by atoms with Crippen LogP contribution in [0.3, 0.4) is 0 Å². The summed E-state index contributed by atoms with van der Waals surface area (Å²) in [6.07, 6.45) is 3.87. The van der Waals surface area contributed by atoms with Crippen molar-refractivity contribution in [1.82, 2.24) is 5.32 Å². The maximum atomic E-state index is 11.9. The third kappa shape index (κ3) is 3.33. The number of ether oxygens (including phenoxy) is 1. The molecule has 0 aromatic heterocycles. The molecule has 1 amide bonds. The van der Waals surface area contributed by atoms with Crippen LogP contribution < -0.4 is 5.32 Å². The highest BCUT2D eigenvalue weighted by atomic mass is 79.9. The minimum absolute atomic E-state index is 0.103. The van der Waals surface area contributed by atoms with Gasteiger partial charge in [-0.2, -0.15) is 0 Å². The SMILES string of the molecule is O=C(CSc1cccc(Br)c1)N[C@H]1C[C@H]2CC[C@@H]1O2. The summed E-state index contributed by atoms with van der Waals surface area (Å²) in [6, 6.07) is 8.24. The fraction of sp³-hybridized carbons (Fsp3) is 0.500. The maximum absolute atomic E-state index is 11.9. The van der Waals surface area contributed by atoms with Gasteiger partial charge in [0.25, 0.3) is 0 Å². The van der Waals surface area contributed by atoms with Gasteiger partial charge in [-0.3, -0.25) is 4.79 Å². The van der Waals surface area contributed by atoms with Crippen molar-refractivity contribution in [3.05, 3.63) is 28.7 Å². The van der Waals surface area contributed by atoms with E-state index in [1.165, 1.54) is 0 Å². The van der Waals surface area contributed by atoms with Gasteiger partial charge < -0.3 is 10.1 Å². The molecule has 2 heterocycles. The van der Waals surface area contributed by atoms with Gasteiger partial charge >= 0.3 is 0 Å². The highest BCUT2D eigenvalue weighted by molar-refractivity contribution is 9.10. The van der Waals surface area contributed by atoms with Crippen LogP contribution in [0, 0.1) is 0 Å². The average molecular weight is 342 g/mol. The first-order valence-electron chi connectivity index (χ1n) is 6.54. The smallest absolute Gasteiger partial charge is 0.230 e. The van der Waals surface area contributed by atoms with Crippen LogP contribution in [0.5, 0.6) is 0 Å². The summed E-state index contributed by atoms with van der Waals surface area (Å²) in [6.45, 7) is 0. The number of hydrogen-bond acceptors (Lipinski definition) is 3. The maximum Gasteiger partial charge on any atom is 0.230 e. The van der Waals surface area contributed by atoms with Crippen LogP contribution in [0.2, 0.25) is 0 Å². The molecular weight excluding hydrogens is 326 g/mol. The molecule has 0 aliphatic carbocycles. The average Bonchev–Trinajstić information content (AvgIpc) is 2.99. The third-order valence-electron chi connectivity index (χ3n) is 3.62. The van der Waals surface area contributed by atoms with E-state index < -0.39 is 0 Å². The van der Waals surface area contributed by atoms with Crippen molar-refractivity contribution in [2.24, 2.45) is 0 Å². The predicted octanol–water partition coefficient (Wildman–Crippen LogP) is 2.98. The molecule has 2 saturated heterocycles. The van der Waals surface area contributed by atoms with Gasteiger partial charge in [0.1, 0.15) is 0 Å². The number of rotatable bonds is 4. The van der Waals surface area contributed by atoms with Gasteiger partial charge in [-0.15, -0.1) is 11.8 Å². The van der Waals surface area contributed by atoms with E-state index in [0.29, 0.717) is 11.9 Å². The lowest BCUT2D eigenvalue weighted by Gasteiger charge is -2.19. The molecule has 102 valence electrons. The number of nitrogens with one attached hydrogen (secondary N) is 1. The van der Waals surface area contributed by atoms with Crippen molar-refractivity contribution >= 4 is 33.6 Å². The summed E-state index contributed by atoms with van der Waals surface area (Å²) in [5.74, 6) is 0.566. The summed E-state index contributed by atoms with van der Waals surface area (Å²) >= 11 is 5.00. The number of halogens is 1. The van der Waals surface area contributed by atoms with E-state index in [0.717, 1.165) is 28.6 Å². The number of hydrogen-bond donors (Lipinski definition) is 1. The highest BCUT2D eigenvalue weighted by Crippen LogP contribution is 2.34. The largest absolute Gasteiger partial charge is 0.373 e. The quantitative estimate of drug-likeness (QED) is 0.855. The predicted molar refractivity (Wildman–Crippen MR) is 79.3 cm³/mol. The number of carbonyl (C=O) groups is 1. The molecule has 2 aliphatic rings. The van der Waals surface area contributed by atoms with Crippen LogP contribution in [0.4, 0.5) is 0 Å². The first kappa shape index (κ1) is 13.5. The molecule has 1 aromatic rings. The van der Waals surface area contributed by atoms with E-state index in [1.807, 2.05) is 24.3 Å². The second-order valence-corrected chi connectivity index (χ2v) is 6.99. The van der Waals surface area contributed by atoms with Gasteiger partial charge in [-0.1, -0.05) is 22.0 Å². The van der Waals surface area contributed by atoms with Crippen molar-refractivity contribution in [3.8, 4) is 0 Å². The zero-order valence-electron chi connectivity index (χ0n) is 10.5. The fourth-order valence-electron chi connectivity index (χ4n) is 2.74. The summed E-state index contributed by atoms with van der Waals surface area (Å²) in [4.78, 5) is 13.0. The third-order valence-corrected chi connectivity index (χ3v) is 5.11. The molecule has 0 unspecified atom stereocenters. The Morgan fingerprint density at radius 1 is 1.47 bits per heavy atom. The zero-order valence-corrected chi connectivity index (χ0v) is 12.9. The highest BCUT2D eigenvalue weighted by Gasteiger charge is 2.41. The Hall–Kier alpha value is -0.520. The number of amides is 1. The van der Waals surface area contributed by atoms with Crippen LogP contribution >= 0.6 is 27.7 Å². The molecule has 3 nitrogen and oxygen atoms in total. The lowest BCUT2D eigenvalue weighted by atomic mass is 9.95. The Kier molecular flexibility index (Phi) is 4.15. The summed E-state index contributed by atoms with van der Waals surface area (Å²) in [7, 11) is 0. The molecule has 2 aliphatic heterocycles. The monoisotopic (exact) mass is 341 g/mol. The number of benzene rings is 1. The second-order valence-electron chi connectivity index (χ2n) is 5.03. The molecule has 2 bridgehead atoms. The van der Waals surface area contributed by atoms with Gasteiger partial charge in [0.2, 0.25) is 5.91 Å². The number of fused-ring (bicyclic) bond motifs is 2. The van der Waals surface area contributed by atoms with E-state index in [-0.39, 0.29) is 18.1 Å². The van der Waals surface area contributed by atoms with Crippen LogP contribution in [-0.4, -0.2) is 29.9 Å². The van der Waals surface area contributed by atoms with E-state index in [9.17, 15) is 4.79 Å². The second kappa shape index (κ2) is 5.85. The van der Waals surface area contributed by atoms with Crippen molar-refractivity contribution in [2.45, 2.75) is 42.4 Å². The Morgan fingerprint density at radius 2 is 2.37 bits per heavy atom. The Balaban J connectivity index is 1.47.